The van der Waals surface area contributed by atoms with Crippen LogP contribution in [-0.2, 0) is 11.3 Å². The maximum Gasteiger partial charge on any atom is 0.405 e. The fraction of sp³-hybridized carbons (Fsp3) is 0.607. The number of unbranched alkanes of at least 4 members (excludes halogenated alkanes) is 1. The van der Waals surface area contributed by atoms with Gasteiger partial charge in [-0.05, 0) is 49.3 Å². The summed E-state index contributed by atoms with van der Waals surface area (Å²) in [6.45, 7) is 17.8. The standard InChI is InChI=1S/C28H42N2O6/c1-10-11-14-35-23-21-15-19(36-18(3)17(2)31)12-13-20(21)25(32)30(16-27(4,5)6)22(23)24(28(7,8)9)29-26(33)34/h12-13,15,18,24,29H,10-11,14,16H2,1-9H3,(H,33,34). The van der Waals surface area contributed by atoms with Crippen molar-refractivity contribution in [2.24, 2.45) is 10.8 Å². The van der Waals surface area contributed by atoms with Gasteiger partial charge in [-0.1, -0.05) is 54.9 Å². The summed E-state index contributed by atoms with van der Waals surface area (Å²) in [5.41, 5.74) is -0.577. The smallest absolute Gasteiger partial charge is 0.405 e. The van der Waals surface area contributed by atoms with E-state index >= 15 is 0 Å². The van der Waals surface area contributed by atoms with Gasteiger partial charge in [-0.25, -0.2) is 4.79 Å². The molecule has 0 saturated heterocycles. The Labute approximate surface area is 214 Å². The number of carbonyl (C=O) groups is 2. The lowest BCUT2D eigenvalue weighted by Crippen LogP contribution is -2.41. The molecule has 0 fully saturated rings. The number of carboxylic acid groups (broad SMARTS) is 1. The molecule has 2 aromatic rings. The van der Waals surface area contributed by atoms with E-state index in [0.29, 0.717) is 41.1 Å². The van der Waals surface area contributed by atoms with Crippen LogP contribution in [0.3, 0.4) is 0 Å². The maximum atomic E-state index is 13.9. The van der Waals surface area contributed by atoms with Gasteiger partial charge in [-0.3, -0.25) is 9.59 Å². The van der Waals surface area contributed by atoms with Crippen molar-refractivity contribution in [3.05, 3.63) is 34.2 Å². The van der Waals surface area contributed by atoms with Gasteiger partial charge in [0.25, 0.3) is 5.56 Å². The highest BCUT2D eigenvalue weighted by molar-refractivity contribution is 5.90. The van der Waals surface area contributed by atoms with Gasteiger partial charge in [0.2, 0.25) is 0 Å². The highest BCUT2D eigenvalue weighted by atomic mass is 16.5. The molecule has 0 saturated carbocycles. The molecule has 1 aromatic carbocycles. The van der Waals surface area contributed by atoms with E-state index < -0.39 is 23.7 Å². The molecule has 1 heterocycles. The zero-order valence-corrected chi connectivity index (χ0v) is 23.2. The lowest BCUT2D eigenvalue weighted by atomic mass is 9.83. The number of nitrogens with zero attached hydrogens (tertiary/aromatic N) is 1. The first kappa shape index (κ1) is 29.2. The lowest BCUT2D eigenvalue weighted by Gasteiger charge is -2.35. The molecule has 0 aliphatic rings. The predicted molar refractivity (Wildman–Crippen MR) is 142 cm³/mol. The minimum Gasteiger partial charge on any atom is -0.491 e. The summed E-state index contributed by atoms with van der Waals surface area (Å²) in [5, 5.41) is 13.3. The van der Waals surface area contributed by atoms with Gasteiger partial charge in [0.05, 0.1) is 23.7 Å². The molecule has 0 spiro atoms. The first-order valence-electron chi connectivity index (χ1n) is 12.6. The largest absolute Gasteiger partial charge is 0.491 e. The summed E-state index contributed by atoms with van der Waals surface area (Å²) in [4.78, 5) is 37.6. The molecule has 8 nitrogen and oxygen atoms in total. The number of hydrogen-bond acceptors (Lipinski definition) is 5. The van der Waals surface area contributed by atoms with Crippen LogP contribution in [0.5, 0.6) is 11.5 Å². The highest BCUT2D eigenvalue weighted by Crippen LogP contribution is 2.42. The third-order valence-corrected chi connectivity index (χ3v) is 5.90. The van der Waals surface area contributed by atoms with Crippen molar-refractivity contribution < 1.29 is 24.2 Å². The third-order valence-electron chi connectivity index (χ3n) is 5.90. The third kappa shape index (κ3) is 7.24. The summed E-state index contributed by atoms with van der Waals surface area (Å²) in [5.74, 6) is 0.772. The van der Waals surface area contributed by atoms with E-state index in [9.17, 15) is 19.5 Å². The van der Waals surface area contributed by atoms with Gasteiger partial charge in [0.15, 0.2) is 11.9 Å². The topological polar surface area (TPSA) is 107 Å². The number of benzene rings is 1. The normalized spacial score (nSPS) is 13.8. The van der Waals surface area contributed by atoms with E-state index in [0.717, 1.165) is 12.8 Å². The molecule has 2 rings (SSSR count). The van der Waals surface area contributed by atoms with Crippen LogP contribution in [0, 0.1) is 10.8 Å². The van der Waals surface area contributed by atoms with Gasteiger partial charge < -0.3 is 24.5 Å². The van der Waals surface area contributed by atoms with Gasteiger partial charge in [-0.2, -0.15) is 0 Å². The molecule has 0 radical (unpaired) electrons. The number of pyridine rings is 1. The first-order chi connectivity index (χ1) is 16.6. The molecule has 200 valence electrons. The van der Waals surface area contributed by atoms with Crippen molar-refractivity contribution >= 4 is 22.6 Å². The molecular weight excluding hydrogens is 460 g/mol. The number of nitrogens with one attached hydrogen (secondary N) is 1. The van der Waals surface area contributed by atoms with E-state index in [1.54, 1.807) is 29.7 Å². The van der Waals surface area contributed by atoms with Crippen molar-refractivity contribution in [2.75, 3.05) is 6.61 Å². The average Bonchev–Trinajstić information content (AvgIpc) is 2.73. The number of aromatic nitrogens is 1. The highest BCUT2D eigenvalue weighted by Gasteiger charge is 2.35. The number of ether oxygens (including phenoxy) is 2. The fourth-order valence-corrected chi connectivity index (χ4v) is 3.98. The Morgan fingerprint density at radius 2 is 1.75 bits per heavy atom. The number of amides is 1. The van der Waals surface area contributed by atoms with Gasteiger partial charge in [0, 0.05) is 11.9 Å². The number of carbonyl (C=O) groups excluding carboxylic acids is 1. The van der Waals surface area contributed by atoms with Crippen molar-refractivity contribution in [1.82, 2.24) is 9.88 Å². The zero-order chi connectivity index (χ0) is 27.4. The van der Waals surface area contributed by atoms with E-state index in [4.69, 9.17) is 9.47 Å². The van der Waals surface area contributed by atoms with Gasteiger partial charge >= 0.3 is 6.09 Å². The second-order valence-corrected chi connectivity index (χ2v) is 11.7. The molecule has 0 aliphatic carbocycles. The van der Waals surface area contributed by atoms with Crippen LogP contribution in [-0.4, -0.2) is 34.3 Å². The summed E-state index contributed by atoms with van der Waals surface area (Å²) in [7, 11) is 0. The summed E-state index contributed by atoms with van der Waals surface area (Å²) in [6, 6.07) is 4.35. The van der Waals surface area contributed by atoms with Crippen LogP contribution in [0.15, 0.2) is 23.0 Å². The molecule has 2 atom stereocenters. The monoisotopic (exact) mass is 502 g/mol. The molecule has 1 amide bonds. The van der Waals surface area contributed by atoms with Crippen LogP contribution in [0.25, 0.3) is 10.8 Å². The zero-order valence-electron chi connectivity index (χ0n) is 23.2. The Morgan fingerprint density at radius 1 is 1.11 bits per heavy atom. The van der Waals surface area contributed by atoms with Crippen LogP contribution in [0.1, 0.15) is 86.9 Å². The minimum atomic E-state index is -1.18. The number of ketones is 1. The van der Waals surface area contributed by atoms with E-state index in [1.165, 1.54) is 6.92 Å². The number of hydrogen-bond donors (Lipinski definition) is 2. The van der Waals surface area contributed by atoms with Gasteiger partial charge in [0.1, 0.15) is 11.5 Å². The Hall–Kier alpha value is -3.03. The van der Waals surface area contributed by atoms with Crippen LogP contribution >= 0.6 is 0 Å². The number of rotatable bonds is 10. The second-order valence-electron chi connectivity index (χ2n) is 11.7. The Balaban J connectivity index is 3.00. The number of Topliss-reactive ketones (excluding diaryl/α,β-unsaturated/α-hetero) is 1. The van der Waals surface area contributed by atoms with Crippen molar-refractivity contribution in [2.45, 2.75) is 93.8 Å². The van der Waals surface area contributed by atoms with Crippen LogP contribution in [0.2, 0.25) is 0 Å². The quantitative estimate of drug-likeness (QED) is 0.390. The Morgan fingerprint density at radius 3 is 2.25 bits per heavy atom. The predicted octanol–water partition coefficient (Wildman–Crippen LogP) is 5.94. The van der Waals surface area contributed by atoms with E-state index in [1.807, 2.05) is 41.5 Å². The van der Waals surface area contributed by atoms with Crippen molar-refractivity contribution in [3.8, 4) is 11.5 Å². The van der Waals surface area contributed by atoms with Gasteiger partial charge in [-0.15, -0.1) is 0 Å². The minimum absolute atomic E-state index is 0.116. The van der Waals surface area contributed by atoms with Crippen molar-refractivity contribution in [1.29, 1.82) is 0 Å². The van der Waals surface area contributed by atoms with E-state index in [-0.39, 0.29) is 16.8 Å². The van der Waals surface area contributed by atoms with Crippen LogP contribution < -0.4 is 20.3 Å². The molecule has 0 aliphatic heterocycles. The molecule has 0 bridgehead atoms. The lowest BCUT2D eigenvalue weighted by molar-refractivity contribution is -0.122. The summed E-state index contributed by atoms with van der Waals surface area (Å²) in [6.07, 6.45) is -0.126. The van der Waals surface area contributed by atoms with E-state index in [2.05, 4.69) is 12.2 Å². The SMILES string of the molecule is CCCCOc1c(C(NC(=O)O)C(C)(C)C)n(CC(C)(C)C)c(=O)c2ccc(OC(C)C(C)=O)cc12. The first-order valence-corrected chi connectivity index (χ1v) is 12.6. The molecule has 2 unspecified atom stereocenters. The van der Waals surface area contributed by atoms with Crippen molar-refractivity contribution in [3.63, 3.8) is 0 Å². The maximum absolute atomic E-state index is 13.9. The molecule has 1 aromatic heterocycles. The summed E-state index contributed by atoms with van der Waals surface area (Å²) >= 11 is 0. The fourth-order valence-electron chi connectivity index (χ4n) is 3.98. The molecule has 2 N–H and O–H groups in total. The Bertz CT molecular complexity index is 1150. The summed E-state index contributed by atoms with van der Waals surface area (Å²) < 4.78 is 13.8. The Kier molecular flexibility index (Phi) is 9.21. The number of fused-ring (bicyclic) bond motifs is 1. The average molecular weight is 503 g/mol. The second kappa shape index (κ2) is 11.4. The molecule has 8 heteroatoms. The van der Waals surface area contributed by atoms with Crippen LogP contribution in [0.4, 0.5) is 4.79 Å². The molecule has 36 heavy (non-hydrogen) atoms. The molecular formula is C28H42N2O6.